The first-order valence-electron chi connectivity index (χ1n) is 8.82. The average molecular weight is 343 g/mol. The first-order chi connectivity index (χ1) is 12.1. The number of aromatic nitrogens is 3. The van der Waals surface area contributed by atoms with Crippen LogP contribution in [0.4, 0.5) is 5.82 Å². The molecule has 0 aliphatic heterocycles. The number of rotatable bonds is 7. The predicted molar refractivity (Wildman–Crippen MR) is 97.6 cm³/mol. The molecule has 2 heterocycles. The van der Waals surface area contributed by atoms with E-state index in [1.165, 1.54) is 5.57 Å². The lowest BCUT2D eigenvalue weighted by Crippen LogP contribution is -2.32. The molecule has 25 heavy (non-hydrogen) atoms. The molecule has 2 atom stereocenters. The summed E-state index contributed by atoms with van der Waals surface area (Å²) in [5.74, 6) is 0.119. The number of carboxylic acids is 1. The number of allylic oxidation sites excluding steroid dienone is 2. The second-order valence-electron chi connectivity index (χ2n) is 6.42. The maximum Gasteiger partial charge on any atom is 0.317 e. The molecule has 0 saturated heterocycles. The fourth-order valence-electron chi connectivity index (χ4n) is 3.45. The van der Waals surface area contributed by atoms with Crippen molar-refractivity contribution in [2.45, 2.75) is 51.6 Å². The highest BCUT2D eigenvalue weighted by Crippen LogP contribution is 2.26. The van der Waals surface area contributed by atoms with Crippen molar-refractivity contribution < 1.29 is 9.90 Å². The Morgan fingerprint density at radius 1 is 1.44 bits per heavy atom. The molecule has 0 spiro atoms. The summed E-state index contributed by atoms with van der Waals surface area (Å²) in [4.78, 5) is 15.4. The van der Waals surface area contributed by atoms with Gasteiger partial charge in [-0.05, 0) is 38.2 Å². The number of anilines is 1. The van der Waals surface area contributed by atoms with Crippen LogP contribution in [0.25, 0.3) is 11.2 Å². The van der Waals surface area contributed by atoms with Gasteiger partial charge in [-0.3, -0.25) is 4.79 Å². The quantitative estimate of drug-likeness (QED) is 0.716. The van der Waals surface area contributed by atoms with Crippen LogP contribution in [0, 0.1) is 0 Å². The molecule has 0 aromatic carbocycles. The molecule has 0 radical (unpaired) electrons. The molecule has 134 valence electrons. The van der Waals surface area contributed by atoms with E-state index in [0.717, 1.165) is 42.8 Å². The van der Waals surface area contributed by atoms with E-state index < -0.39 is 5.97 Å². The second kappa shape index (κ2) is 7.65. The molecular weight excluding hydrogens is 318 g/mol. The fourth-order valence-corrected chi connectivity index (χ4v) is 3.45. The fraction of sp³-hybridized carbons (Fsp3) is 0.500. The van der Waals surface area contributed by atoms with Crippen molar-refractivity contribution in [3.8, 4) is 0 Å². The third-order valence-corrected chi connectivity index (χ3v) is 4.74. The molecule has 1 unspecified atom stereocenters. The third-order valence-electron chi connectivity index (χ3n) is 4.74. The molecule has 0 bridgehead atoms. The lowest BCUT2D eigenvalue weighted by atomic mass is 10.1. The van der Waals surface area contributed by atoms with Crippen LogP contribution in [-0.4, -0.2) is 44.3 Å². The monoisotopic (exact) mass is 343 g/mol. The highest BCUT2D eigenvalue weighted by molar-refractivity contribution is 5.69. The van der Waals surface area contributed by atoms with Gasteiger partial charge in [-0.25, -0.2) is 4.98 Å². The van der Waals surface area contributed by atoms with Crippen LogP contribution in [0.3, 0.4) is 0 Å². The molecule has 7 nitrogen and oxygen atoms in total. The SMILES string of the molecule is C/C=C(\CC)c1cc(N[C@H]2CCC(NCC(=O)O)C2)n2nccc2n1. The number of nitrogens with zero attached hydrogens (tertiary/aromatic N) is 3. The molecule has 1 fully saturated rings. The Hall–Kier alpha value is -2.41. The van der Waals surface area contributed by atoms with Gasteiger partial charge in [0.05, 0.1) is 18.4 Å². The van der Waals surface area contributed by atoms with E-state index >= 15 is 0 Å². The molecule has 3 N–H and O–H groups in total. The maximum absolute atomic E-state index is 10.7. The summed E-state index contributed by atoms with van der Waals surface area (Å²) in [5.41, 5.74) is 3.00. The number of nitrogens with one attached hydrogen (secondary N) is 2. The summed E-state index contributed by atoms with van der Waals surface area (Å²) < 4.78 is 1.82. The summed E-state index contributed by atoms with van der Waals surface area (Å²) >= 11 is 0. The summed E-state index contributed by atoms with van der Waals surface area (Å²) in [7, 11) is 0. The molecule has 2 aromatic rings. The normalized spacial score (nSPS) is 21.0. The van der Waals surface area contributed by atoms with Gasteiger partial charge in [-0.2, -0.15) is 9.61 Å². The van der Waals surface area contributed by atoms with Crippen molar-refractivity contribution in [2.24, 2.45) is 0 Å². The zero-order valence-electron chi connectivity index (χ0n) is 14.7. The lowest BCUT2D eigenvalue weighted by Gasteiger charge is -2.17. The Bertz CT molecular complexity index is 783. The molecule has 1 aliphatic carbocycles. The maximum atomic E-state index is 10.7. The predicted octanol–water partition coefficient (Wildman–Crippen LogP) is 2.55. The third kappa shape index (κ3) is 3.99. The van der Waals surface area contributed by atoms with Crippen LogP contribution in [-0.2, 0) is 4.79 Å². The van der Waals surface area contributed by atoms with E-state index in [0.29, 0.717) is 6.04 Å². The lowest BCUT2D eigenvalue weighted by molar-refractivity contribution is -0.136. The Labute approximate surface area is 147 Å². The smallest absolute Gasteiger partial charge is 0.317 e. The van der Waals surface area contributed by atoms with Crippen LogP contribution < -0.4 is 10.6 Å². The van der Waals surface area contributed by atoms with Gasteiger partial charge in [-0.1, -0.05) is 13.0 Å². The van der Waals surface area contributed by atoms with Crippen molar-refractivity contribution in [3.63, 3.8) is 0 Å². The second-order valence-corrected chi connectivity index (χ2v) is 6.42. The average Bonchev–Trinajstić information content (AvgIpc) is 3.23. The summed E-state index contributed by atoms with van der Waals surface area (Å²) in [6.45, 7) is 4.17. The minimum atomic E-state index is -0.813. The van der Waals surface area contributed by atoms with E-state index in [1.54, 1.807) is 6.20 Å². The highest BCUT2D eigenvalue weighted by atomic mass is 16.4. The number of hydrogen-bond acceptors (Lipinski definition) is 5. The molecule has 1 aliphatic rings. The minimum Gasteiger partial charge on any atom is -0.480 e. The first kappa shape index (κ1) is 17.4. The zero-order valence-corrected chi connectivity index (χ0v) is 14.7. The Morgan fingerprint density at radius 3 is 2.96 bits per heavy atom. The van der Waals surface area contributed by atoms with Gasteiger partial charge < -0.3 is 15.7 Å². The van der Waals surface area contributed by atoms with Gasteiger partial charge in [0.1, 0.15) is 5.82 Å². The van der Waals surface area contributed by atoms with Gasteiger partial charge >= 0.3 is 5.97 Å². The van der Waals surface area contributed by atoms with Gasteiger partial charge in [0.15, 0.2) is 5.65 Å². The van der Waals surface area contributed by atoms with E-state index in [9.17, 15) is 4.79 Å². The van der Waals surface area contributed by atoms with Crippen molar-refractivity contribution in [3.05, 3.63) is 30.1 Å². The summed E-state index contributed by atoms with van der Waals surface area (Å²) in [6.07, 6.45) is 7.66. The molecule has 1 saturated carbocycles. The van der Waals surface area contributed by atoms with Gasteiger partial charge in [-0.15, -0.1) is 0 Å². The Balaban J connectivity index is 1.77. The van der Waals surface area contributed by atoms with Gasteiger partial charge in [0.2, 0.25) is 0 Å². The van der Waals surface area contributed by atoms with E-state index in [-0.39, 0.29) is 12.6 Å². The van der Waals surface area contributed by atoms with Crippen LogP contribution in [0.15, 0.2) is 24.4 Å². The van der Waals surface area contributed by atoms with Gasteiger partial charge in [0.25, 0.3) is 0 Å². The molecule has 7 heteroatoms. The topological polar surface area (TPSA) is 91.5 Å². The van der Waals surface area contributed by atoms with Crippen LogP contribution in [0.2, 0.25) is 0 Å². The first-order valence-corrected chi connectivity index (χ1v) is 8.82. The Morgan fingerprint density at radius 2 is 2.24 bits per heavy atom. The number of aliphatic carboxylic acids is 1. The van der Waals surface area contributed by atoms with Gasteiger partial charge in [0, 0.05) is 24.2 Å². The van der Waals surface area contributed by atoms with Crippen molar-refractivity contribution in [1.29, 1.82) is 0 Å². The van der Waals surface area contributed by atoms with E-state index in [2.05, 4.69) is 34.8 Å². The minimum absolute atomic E-state index is 0.0152. The number of hydrogen-bond donors (Lipinski definition) is 3. The standard InChI is InChI=1S/C18H25N5O2/c1-3-12(4-2)15-10-17(23-16(22-15)7-8-20-23)21-14-6-5-13(9-14)19-11-18(24)25/h3,7-8,10,13-14,19,21H,4-6,9,11H2,1-2H3,(H,24,25)/b12-3+/t13?,14-/m0/s1. The van der Waals surface area contributed by atoms with Crippen LogP contribution >= 0.6 is 0 Å². The van der Waals surface area contributed by atoms with E-state index in [1.807, 2.05) is 17.5 Å². The number of carbonyl (C=O) groups is 1. The molecular formula is C18H25N5O2. The summed E-state index contributed by atoms with van der Waals surface area (Å²) in [5, 5.41) is 19.8. The molecule has 0 amide bonds. The largest absolute Gasteiger partial charge is 0.480 e. The van der Waals surface area contributed by atoms with Crippen molar-refractivity contribution in [1.82, 2.24) is 19.9 Å². The summed E-state index contributed by atoms with van der Waals surface area (Å²) in [6, 6.07) is 4.50. The molecule has 2 aromatic heterocycles. The van der Waals surface area contributed by atoms with E-state index in [4.69, 9.17) is 10.1 Å². The highest BCUT2D eigenvalue weighted by Gasteiger charge is 2.25. The van der Waals surface area contributed by atoms with Crippen molar-refractivity contribution in [2.75, 3.05) is 11.9 Å². The number of carboxylic acid groups (broad SMARTS) is 1. The Kier molecular flexibility index (Phi) is 5.33. The van der Waals surface area contributed by atoms with Crippen molar-refractivity contribution >= 4 is 23.0 Å². The molecule has 3 rings (SSSR count). The van der Waals surface area contributed by atoms with Crippen LogP contribution in [0.1, 0.15) is 45.2 Å². The number of fused-ring (bicyclic) bond motifs is 1. The van der Waals surface area contributed by atoms with Crippen LogP contribution in [0.5, 0.6) is 0 Å². The zero-order chi connectivity index (χ0) is 17.8.